The lowest BCUT2D eigenvalue weighted by atomic mass is 10.4. The van der Waals surface area contributed by atoms with Gasteiger partial charge in [0.05, 0.1) is 17.4 Å². The number of thiophene rings is 1. The van der Waals surface area contributed by atoms with Crippen LogP contribution in [0.4, 0.5) is 4.79 Å². The van der Waals surface area contributed by atoms with Crippen LogP contribution in [-0.4, -0.2) is 37.6 Å². The molecule has 0 spiro atoms. The maximum atomic E-state index is 11.4. The number of hydrogen-bond acceptors (Lipinski definition) is 5. The van der Waals surface area contributed by atoms with Crippen molar-refractivity contribution in [3.05, 3.63) is 20.8 Å². The Morgan fingerprint density at radius 2 is 2.24 bits per heavy atom. The molecule has 0 atom stereocenters. The minimum Gasteiger partial charge on any atom is -0.453 e. The molecule has 0 aromatic carbocycles. The lowest BCUT2D eigenvalue weighted by Crippen LogP contribution is -2.38. The van der Waals surface area contributed by atoms with E-state index in [2.05, 4.69) is 26.0 Å². The van der Waals surface area contributed by atoms with Gasteiger partial charge in [-0.15, -0.1) is 11.3 Å². The van der Waals surface area contributed by atoms with Crippen LogP contribution in [0.5, 0.6) is 0 Å². The summed E-state index contributed by atoms with van der Waals surface area (Å²) in [5.41, 5.74) is 0. The summed E-state index contributed by atoms with van der Waals surface area (Å²) in [5, 5.41) is 2.10. The second kappa shape index (κ2) is 6.73. The summed E-state index contributed by atoms with van der Waals surface area (Å²) >= 11 is 4.99. The Labute approximate surface area is 112 Å². The van der Waals surface area contributed by atoms with Gasteiger partial charge in [0.1, 0.15) is 0 Å². The molecule has 1 N–H and O–H groups in total. The number of ether oxygens (including phenoxy) is 1. The molecule has 0 saturated carbocycles. The van der Waals surface area contributed by atoms with E-state index in [9.17, 15) is 9.59 Å². The van der Waals surface area contributed by atoms with E-state index < -0.39 is 6.09 Å². The average Bonchev–Trinajstić information content (AvgIpc) is 2.63. The van der Waals surface area contributed by atoms with Crippen molar-refractivity contribution in [1.82, 2.24) is 10.2 Å². The van der Waals surface area contributed by atoms with Crippen molar-refractivity contribution >= 4 is 39.3 Å². The number of carbonyl (C=O) groups is 2. The van der Waals surface area contributed by atoms with Crippen LogP contribution in [0.2, 0.25) is 0 Å². The molecular weight excluding hydrogens is 308 g/mol. The molecular formula is C10H13BrN2O3S. The predicted octanol–water partition coefficient (Wildman–Crippen LogP) is 1.82. The number of imide groups is 1. The lowest BCUT2D eigenvalue weighted by Gasteiger charge is -2.14. The van der Waals surface area contributed by atoms with Crippen LogP contribution in [0, 0.1) is 0 Å². The third-order valence-corrected chi connectivity index (χ3v) is 3.50. The number of carbonyl (C=O) groups excluding carboxylic acids is 2. The van der Waals surface area contributed by atoms with Crippen LogP contribution in [-0.2, 0) is 16.1 Å². The molecule has 1 rings (SSSR count). The molecule has 1 aromatic heterocycles. The summed E-state index contributed by atoms with van der Waals surface area (Å²) in [5.74, 6) is -0.380. The highest BCUT2D eigenvalue weighted by Crippen LogP contribution is 2.22. The van der Waals surface area contributed by atoms with Crippen molar-refractivity contribution in [1.29, 1.82) is 0 Å². The first-order valence-corrected chi connectivity index (χ1v) is 6.42. The van der Waals surface area contributed by atoms with Crippen LogP contribution in [0.15, 0.2) is 15.9 Å². The largest absolute Gasteiger partial charge is 0.453 e. The van der Waals surface area contributed by atoms with E-state index >= 15 is 0 Å². The lowest BCUT2D eigenvalue weighted by molar-refractivity contribution is -0.121. The van der Waals surface area contributed by atoms with Gasteiger partial charge in [-0.05, 0) is 35.1 Å². The summed E-state index contributed by atoms with van der Waals surface area (Å²) in [6.07, 6.45) is -0.734. The van der Waals surface area contributed by atoms with E-state index in [0.717, 1.165) is 8.66 Å². The second-order valence-corrected chi connectivity index (χ2v) is 5.97. The van der Waals surface area contributed by atoms with Gasteiger partial charge < -0.3 is 4.74 Å². The minimum atomic E-state index is -0.734. The Bertz CT molecular complexity index is 408. The fourth-order valence-corrected chi connectivity index (χ4v) is 2.77. The topological polar surface area (TPSA) is 58.6 Å². The molecule has 0 radical (unpaired) electrons. The van der Waals surface area contributed by atoms with Crippen LogP contribution < -0.4 is 5.32 Å². The van der Waals surface area contributed by atoms with Gasteiger partial charge in [-0.1, -0.05) is 0 Å². The van der Waals surface area contributed by atoms with Crippen LogP contribution in [0.1, 0.15) is 4.88 Å². The smallest absolute Gasteiger partial charge is 0.413 e. The number of rotatable bonds is 4. The molecule has 0 saturated heterocycles. The van der Waals surface area contributed by atoms with E-state index in [-0.39, 0.29) is 12.5 Å². The Morgan fingerprint density at radius 3 is 2.76 bits per heavy atom. The number of methoxy groups -OCH3 is 1. The summed E-state index contributed by atoms with van der Waals surface area (Å²) in [6.45, 7) is 0.801. The molecule has 2 amide bonds. The Hall–Kier alpha value is -0.920. The molecule has 0 bridgehead atoms. The highest BCUT2D eigenvalue weighted by atomic mass is 79.9. The molecule has 0 aliphatic carbocycles. The van der Waals surface area contributed by atoms with E-state index in [4.69, 9.17) is 0 Å². The molecule has 0 aliphatic heterocycles. The molecule has 0 aliphatic rings. The number of hydrogen-bond donors (Lipinski definition) is 1. The van der Waals surface area contributed by atoms with Crippen molar-refractivity contribution in [2.24, 2.45) is 0 Å². The van der Waals surface area contributed by atoms with Crippen molar-refractivity contribution in [3.8, 4) is 0 Å². The molecule has 0 unspecified atom stereocenters. The quantitative estimate of drug-likeness (QED) is 0.919. The highest BCUT2D eigenvalue weighted by Gasteiger charge is 2.11. The predicted molar refractivity (Wildman–Crippen MR) is 68.9 cm³/mol. The first-order chi connectivity index (χ1) is 8.01. The van der Waals surface area contributed by atoms with E-state index in [0.29, 0.717) is 6.54 Å². The van der Waals surface area contributed by atoms with Gasteiger partial charge in [0.25, 0.3) is 0 Å². The average molecular weight is 321 g/mol. The van der Waals surface area contributed by atoms with Crippen LogP contribution in [0.3, 0.4) is 0 Å². The number of nitrogens with zero attached hydrogens (tertiary/aromatic N) is 1. The highest BCUT2D eigenvalue weighted by molar-refractivity contribution is 9.11. The molecule has 1 heterocycles. The summed E-state index contributed by atoms with van der Waals surface area (Å²) < 4.78 is 5.39. The fraction of sp³-hybridized carbons (Fsp3) is 0.400. The standard InChI is InChI=1S/C10H13BrN2O3S/c1-13(5-7-3-4-8(11)17-7)6-9(14)12-10(15)16-2/h3-4H,5-6H2,1-2H3,(H,12,14,15). The number of alkyl carbamates (subject to hydrolysis) is 1. The Balaban J connectivity index is 2.36. The van der Waals surface area contributed by atoms with E-state index in [1.807, 2.05) is 24.1 Å². The Kier molecular flexibility index (Phi) is 5.60. The van der Waals surface area contributed by atoms with E-state index in [1.165, 1.54) is 7.11 Å². The third-order valence-electron chi connectivity index (χ3n) is 1.90. The van der Waals surface area contributed by atoms with Gasteiger partial charge in [0, 0.05) is 11.4 Å². The number of halogens is 1. The van der Waals surface area contributed by atoms with Gasteiger partial charge in [-0.3, -0.25) is 15.0 Å². The van der Waals surface area contributed by atoms with Gasteiger partial charge in [0.15, 0.2) is 0 Å². The first-order valence-electron chi connectivity index (χ1n) is 4.82. The fourth-order valence-electron chi connectivity index (χ4n) is 1.21. The number of nitrogens with one attached hydrogen (secondary N) is 1. The zero-order valence-corrected chi connectivity index (χ0v) is 11.9. The normalized spacial score (nSPS) is 10.4. The van der Waals surface area contributed by atoms with E-state index in [1.54, 1.807) is 11.3 Å². The number of amides is 2. The molecule has 0 fully saturated rings. The molecule has 7 heteroatoms. The van der Waals surface area contributed by atoms with Gasteiger partial charge in [-0.25, -0.2) is 4.79 Å². The third kappa shape index (κ3) is 5.29. The molecule has 17 heavy (non-hydrogen) atoms. The maximum absolute atomic E-state index is 11.4. The Morgan fingerprint density at radius 1 is 1.53 bits per heavy atom. The SMILES string of the molecule is COC(=O)NC(=O)CN(C)Cc1ccc(Br)s1. The number of likely N-dealkylation sites (N-methyl/N-ethyl adjacent to an activating group) is 1. The summed E-state index contributed by atoms with van der Waals surface area (Å²) in [7, 11) is 3.03. The van der Waals surface area contributed by atoms with Crippen LogP contribution >= 0.6 is 27.3 Å². The van der Waals surface area contributed by atoms with Crippen LogP contribution in [0.25, 0.3) is 0 Å². The zero-order valence-electron chi connectivity index (χ0n) is 9.53. The van der Waals surface area contributed by atoms with Crippen molar-refractivity contribution in [2.45, 2.75) is 6.54 Å². The van der Waals surface area contributed by atoms with Gasteiger partial charge in [0.2, 0.25) is 5.91 Å². The first kappa shape index (κ1) is 14.1. The maximum Gasteiger partial charge on any atom is 0.413 e. The van der Waals surface area contributed by atoms with Crippen molar-refractivity contribution < 1.29 is 14.3 Å². The van der Waals surface area contributed by atoms with Crippen molar-refractivity contribution in [2.75, 3.05) is 20.7 Å². The second-order valence-electron chi connectivity index (χ2n) is 3.42. The molecule has 1 aromatic rings. The van der Waals surface area contributed by atoms with Crippen molar-refractivity contribution in [3.63, 3.8) is 0 Å². The zero-order chi connectivity index (χ0) is 12.8. The monoisotopic (exact) mass is 320 g/mol. The van der Waals surface area contributed by atoms with Gasteiger partial charge in [-0.2, -0.15) is 0 Å². The molecule has 5 nitrogen and oxygen atoms in total. The molecule has 94 valence electrons. The summed E-state index contributed by atoms with van der Waals surface area (Å²) in [6, 6.07) is 3.95. The minimum absolute atomic E-state index is 0.143. The van der Waals surface area contributed by atoms with Gasteiger partial charge >= 0.3 is 6.09 Å². The summed E-state index contributed by atoms with van der Waals surface area (Å²) in [4.78, 5) is 25.1.